The highest BCUT2D eigenvalue weighted by Gasteiger charge is 2.29. The maximum absolute atomic E-state index is 14.4. The minimum atomic E-state index is -3.98. The van der Waals surface area contributed by atoms with Gasteiger partial charge in [-0.15, -0.1) is 0 Å². The van der Waals surface area contributed by atoms with Crippen molar-refractivity contribution in [3.8, 4) is 11.8 Å². The number of rotatable bonds is 5. The Bertz CT molecular complexity index is 885. The van der Waals surface area contributed by atoms with Gasteiger partial charge >= 0.3 is 0 Å². The molecule has 0 spiro atoms. The van der Waals surface area contributed by atoms with Crippen LogP contribution in [0.15, 0.2) is 53.4 Å². The molecule has 0 aliphatic heterocycles. The summed E-state index contributed by atoms with van der Waals surface area (Å²) < 4.78 is 41.6. The third-order valence-electron chi connectivity index (χ3n) is 3.61. The van der Waals surface area contributed by atoms with Crippen LogP contribution in [0.1, 0.15) is 25.0 Å². The SMILES string of the molecule is CC(C)N(Cc1ccccc1)S(=O)(=O)c1ccc(C#CCN)cc1F. The van der Waals surface area contributed by atoms with E-state index in [1.165, 1.54) is 16.4 Å². The fourth-order valence-electron chi connectivity index (χ4n) is 2.38. The van der Waals surface area contributed by atoms with Gasteiger partial charge < -0.3 is 5.73 Å². The monoisotopic (exact) mass is 360 g/mol. The van der Waals surface area contributed by atoms with Gasteiger partial charge in [-0.05, 0) is 37.6 Å². The highest BCUT2D eigenvalue weighted by molar-refractivity contribution is 7.89. The van der Waals surface area contributed by atoms with E-state index < -0.39 is 15.8 Å². The first kappa shape index (κ1) is 19.1. The molecule has 2 rings (SSSR count). The number of hydrogen-bond acceptors (Lipinski definition) is 3. The smallest absolute Gasteiger partial charge is 0.246 e. The topological polar surface area (TPSA) is 63.4 Å². The molecule has 2 aromatic rings. The Morgan fingerprint density at radius 2 is 1.84 bits per heavy atom. The predicted octanol–water partition coefficient (Wildman–Crippen LogP) is 2.74. The molecule has 25 heavy (non-hydrogen) atoms. The quantitative estimate of drug-likeness (QED) is 0.834. The van der Waals surface area contributed by atoms with Crippen molar-refractivity contribution in [2.24, 2.45) is 5.73 Å². The van der Waals surface area contributed by atoms with Crippen molar-refractivity contribution in [1.82, 2.24) is 4.31 Å². The van der Waals surface area contributed by atoms with Crippen molar-refractivity contribution >= 4 is 10.0 Å². The van der Waals surface area contributed by atoms with Crippen LogP contribution in [0.25, 0.3) is 0 Å². The van der Waals surface area contributed by atoms with Crippen LogP contribution in [0, 0.1) is 17.7 Å². The summed E-state index contributed by atoms with van der Waals surface area (Å²) in [6.07, 6.45) is 0. The van der Waals surface area contributed by atoms with Gasteiger partial charge in [-0.3, -0.25) is 0 Å². The van der Waals surface area contributed by atoms with Crippen LogP contribution in [0.5, 0.6) is 0 Å². The lowest BCUT2D eigenvalue weighted by Crippen LogP contribution is -2.36. The van der Waals surface area contributed by atoms with E-state index in [0.717, 1.165) is 11.6 Å². The Kier molecular flexibility index (Phi) is 6.32. The first-order chi connectivity index (χ1) is 11.9. The molecule has 0 aliphatic carbocycles. The van der Waals surface area contributed by atoms with Crippen LogP contribution in [0.2, 0.25) is 0 Å². The molecule has 0 heterocycles. The van der Waals surface area contributed by atoms with Gasteiger partial charge in [-0.1, -0.05) is 42.2 Å². The lowest BCUT2D eigenvalue weighted by Gasteiger charge is -2.26. The molecule has 0 radical (unpaired) electrons. The summed E-state index contributed by atoms with van der Waals surface area (Å²) in [4.78, 5) is -0.351. The third kappa shape index (κ3) is 4.67. The zero-order valence-electron chi connectivity index (χ0n) is 14.2. The van der Waals surface area contributed by atoms with E-state index in [1.807, 2.05) is 30.3 Å². The molecule has 4 nitrogen and oxygen atoms in total. The van der Waals surface area contributed by atoms with Gasteiger partial charge in [0.15, 0.2) is 0 Å². The molecule has 132 valence electrons. The Labute approximate surface area is 148 Å². The van der Waals surface area contributed by atoms with Crippen molar-refractivity contribution in [2.75, 3.05) is 6.54 Å². The maximum atomic E-state index is 14.4. The summed E-state index contributed by atoms with van der Waals surface area (Å²) in [6, 6.07) is 12.8. The third-order valence-corrected chi connectivity index (χ3v) is 5.67. The number of benzene rings is 2. The van der Waals surface area contributed by atoms with E-state index in [0.29, 0.717) is 5.56 Å². The van der Waals surface area contributed by atoms with Crippen LogP contribution in [-0.4, -0.2) is 25.3 Å². The molecule has 0 saturated heterocycles. The number of nitrogens with zero attached hydrogens (tertiary/aromatic N) is 1. The average Bonchev–Trinajstić information content (AvgIpc) is 2.58. The Morgan fingerprint density at radius 3 is 2.40 bits per heavy atom. The molecule has 0 aliphatic rings. The Balaban J connectivity index is 2.40. The largest absolute Gasteiger partial charge is 0.320 e. The van der Waals surface area contributed by atoms with Crippen molar-refractivity contribution in [2.45, 2.75) is 31.3 Å². The van der Waals surface area contributed by atoms with E-state index in [4.69, 9.17) is 5.73 Å². The highest BCUT2D eigenvalue weighted by Crippen LogP contribution is 2.24. The summed E-state index contributed by atoms with van der Waals surface area (Å²) in [5.41, 5.74) is 6.52. The molecule has 0 bridgehead atoms. The van der Waals surface area contributed by atoms with Gasteiger partial charge in [0.1, 0.15) is 10.7 Å². The molecule has 0 saturated carbocycles. The fraction of sp³-hybridized carbons (Fsp3) is 0.263. The first-order valence-corrected chi connectivity index (χ1v) is 9.34. The van der Waals surface area contributed by atoms with E-state index in [-0.39, 0.29) is 24.0 Å². The van der Waals surface area contributed by atoms with Gasteiger partial charge in [0.2, 0.25) is 10.0 Å². The van der Waals surface area contributed by atoms with Crippen molar-refractivity contribution in [3.05, 3.63) is 65.5 Å². The molecule has 0 atom stereocenters. The van der Waals surface area contributed by atoms with Crippen LogP contribution in [-0.2, 0) is 16.6 Å². The minimum Gasteiger partial charge on any atom is -0.320 e. The summed E-state index contributed by atoms with van der Waals surface area (Å²) in [5.74, 6) is 4.49. The van der Waals surface area contributed by atoms with Gasteiger partial charge in [0.05, 0.1) is 6.54 Å². The van der Waals surface area contributed by atoms with Crippen molar-refractivity contribution in [3.63, 3.8) is 0 Å². The lowest BCUT2D eigenvalue weighted by molar-refractivity contribution is 0.346. The molecule has 6 heteroatoms. The lowest BCUT2D eigenvalue weighted by atomic mass is 10.2. The summed E-state index contributed by atoms with van der Waals surface area (Å²) in [5, 5.41) is 0. The van der Waals surface area contributed by atoms with E-state index in [1.54, 1.807) is 13.8 Å². The van der Waals surface area contributed by atoms with Crippen LogP contribution >= 0.6 is 0 Å². The molecular formula is C19H21FN2O2S. The predicted molar refractivity (Wildman–Crippen MR) is 96.6 cm³/mol. The second-order valence-electron chi connectivity index (χ2n) is 5.78. The summed E-state index contributed by atoms with van der Waals surface area (Å²) in [7, 11) is -3.98. The zero-order valence-corrected chi connectivity index (χ0v) is 15.1. The second-order valence-corrected chi connectivity index (χ2v) is 7.64. The van der Waals surface area contributed by atoms with Crippen molar-refractivity contribution < 1.29 is 12.8 Å². The van der Waals surface area contributed by atoms with E-state index in [9.17, 15) is 12.8 Å². The highest BCUT2D eigenvalue weighted by atomic mass is 32.2. The number of nitrogens with two attached hydrogens (primary N) is 1. The first-order valence-electron chi connectivity index (χ1n) is 7.90. The van der Waals surface area contributed by atoms with Crippen LogP contribution < -0.4 is 5.73 Å². The summed E-state index contributed by atoms with van der Waals surface area (Å²) in [6.45, 7) is 3.86. The Hall–Kier alpha value is -2.20. The molecule has 2 N–H and O–H groups in total. The number of hydrogen-bond donors (Lipinski definition) is 1. The fourth-order valence-corrected chi connectivity index (χ4v) is 4.05. The summed E-state index contributed by atoms with van der Waals surface area (Å²) >= 11 is 0. The van der Waals surface area contributed by atoms with Crippen LogP contribution in [0.4, 0.5) is 4.39 Å². The van der Waals surface area contributed by atoms with E-state index in [2.05, 4.69) is 11.8 Å². The minimum absolute atomic E-state index is 0.153. The number of halogens is 1. The average molecular weight is 360 g/mol. The maximum Gasteiger partial charge on any atom is 0.246 e. The molecule has 0 unspecified atom stereocenters. The molecular weight excluding hydrogens is 339 g/mol. The van der Waals surface area contributed by atoms with Crippen LogP contribution in [0.3, 0.4) is 0 Å². The molecule has 0 fully saturated rings. The van der Waals surface area contributed by atoms with E-state index >= 15 is 0 Å². The van der Waals surface area contributed by atoms with Gasteiger partial charge in [-0.25, -0.2) is 12.8 Å². The van der Waals surface area contributed by atoms with Gasteiger partial charge in [-0.2, -0.15) is 4.31 Å². The standard InChI is InChI=1S/C19H21FN2O2S/c1-15(2)22(14-17-7-4-3-5-8-17)25(23,24)19-11-10-16(9-6-12-21)13-18(19)20/h3-5,7-8,10-11,13,15H,12,14,21H2,1-2H3. The van der Waals surface area contributed by atoms with Crippen molar-refractivity contribution in [1.29, 1.82) is 0 Å². The number of sulfonamides is 1. The molecule has 0 amide bonds. The molecule has 0 aromatic heterocycles. The Morgan fingerprint density at radius 1 is 1.16 bits per heavy atom. The molecule has 2 aromatic carbocycles. The zero-order chi connectivity index (χ0) is 18.4. The normalized spacial score (nSPS) is 11.4. The second kappa shape index (κ2) is 8.26. The van der Waals surface area contributed by atoms with Gasteiger partial charge in [0.25, 0.3) is 0 Å². The van der Waals surface area contributed by atoms with Gasteiger partial charge in [0, 0.05) is 18.2 Å².